The molecule has 168 valence electrons. The lowest BCUT2D eigenvalue weighted by Gasteiger charge is -2.13. The van der Waals surface area contributed by atoms with Gasteiger partial charge in [0.15, 0.2) is 0 Å². The summed E-state index contributed by atoms with van der Waals surface area (Å²) in [7, 11) is 0. The molecule has 0 unspecified atom stereocenters. The van der Waals surface area contributed by atoms with Crippen molar-refractivity contribution < 1.29 is 22.8 Å². The molecule has 3 aromatic rings. The lowest BCUT2D eigenvalue weighted by atomic mass is 10.0. The van der Waals surface area contributed by atoms with E-state index < -0.39 is 30.1 Å². The van der Waals surface area contributed by atoms with Crippen LogP contribution in [0.5, 0.6) is 0 Å². The summed E-state index contributed by atoms with van der Waals surface area (Å²) < 4.78 is 41.1. The molecule has 0 saturated heterocycles. The maximum absolute atomic E-state index is 13.7. The minimum Gasteiger partial charge on any atom is -0.267 e. The van der Waals surface area contributed by atoms with Gasteiger partial charge in [-0.25, -0.2) is 10.9 Å². The predicted octanol–water partition coefficient (Wildman–Crippen LogP) is 4.56. The number of carbonyl (C=O) groups is 2. The molecule has 0 bridgehead atoms. The summed E-state index contributed by atoms with van der Waals surface area (Å²) in [5.41, 5.74) is 3.69. The van der Waals surface area contributed by atoms with Crippen molar-refractivity contribution in [2.75, 3.05) is 0 Å². The lowest BCUT2D eigenvalue weighted by molar-refractivity contribution is -0.0601. The van der Waals surface area contributed by atoms with Gasteiger partial charge in [0.1, 0.15) is 5.71 Å². The summed E-state index contributed by atoms with van der Waals surface area (Å²) in [4.78, 5) is 24.4. The van der Waals surface area contributed by atoms with E-state index in [-0.39, 0.29) is 11.3 Å². The molecule has 0 atom stereocenters. The smallest absolute Gasteiger partial charge is 0.267 e. The van der Waals surface area contributed by atoms with Crippen LogP contribution in [-0.2, 0) is 0 Å². The molecule has 0 radical (unpaired) electrons. The minimum absolute atomic E-state index is 0.0788. The van der Waals surface area contributed by atoms with Gasteiger partial charge in [0.25, 0.3) is 11.8 Å². The highest BCUT2D eigenvalue weighted by Crippen LogP contribution is 2.21. The molecular formula is C24H19F3N4O2. The summed E-state index contributed by atoms with van der Waals surface area (Å²) in [6.07, 6.45) is -5.62. The van der Waals surface area contributed by atoms with Crippen LogP contribution in [0.3, 0.4) is 0 Å². The van der Waals surface area contributed by atoms with Gasteiger partial charge < -0.3 is 0 Å². The number of nitrogens with one attached hydrogen (secondary N) is 2. The van der Waals surface area contributed by atoms with E-state index in [2.05, 4.69) is 15.6 Å². The zero-order valence-electron chi connectivity index (χ0n) is 17.2. The van der Waals surface area contributed by atoms with Gasteiger partial charge in [-0.3, -0.25) is 9.59 Å². The van der Waals surface area contributed by atoms with E-state index >= 15 is 0 Å². The Morgan fingerprint density at radius 2 is 1.03 bits per heavy atom. The normalized spacial score (nSPS) is 12.2. The number of halogens is 3. The highest BCUT2D eigenvalue weighted by molar-refractivity contribution is 6.14. The highest BCUT2D eigenvalue weighted by Gasteiger charge is 2.37. The van der Waals surface area contributed by atoms with E-state index in [0.717, 1.165) is 0 Å². The Kier molecular flexibility index (Phi) is 7.69. The Balaban J connectivity index is 1.86. The molecule has 0 aliphatic carbocycles. The number of amides is 2. The van der Waals surface area contributed by atoms with Crippen molar-refractivity contribution in [1.82, 2.24) is 10.9 Å². The van der Waals surface area contributed by atoms with E-state index in [1.165, 1.54) is 12.1 Å². The molecule has 3 aromatic carbocycles. The van der Waals surface area contributed by atoms with Crippen LogP contribution in [0.2, 0.25) is 0 Å². The predicted molar refractivity (Wildman–Crippen MR) is 119 cm³/mol. The lowest BCUT2D eigenvalue weighted by Crippen LogP contribution is -2.31. The average Bonchev–Trinajstić information content (AvgIpc) is 2.84. The van der Waals surface area contributed by atoms with E-state index in [1.807, 2.05) is 5.43 Å². The zero-order chi connectivity index (χ0) is 23.7. The third-order valence-electron chi connectivity index (χ3n) is 4.43. The fraction of sp³-hybridized carbons (Fsp3) is 0.0833. The summed E-state index contributed by atoms with van der Waals surface area (Å²) in [5.74, 6) is -1.36. The van der Waals surface area contributed by atoms with Crippen molar-refractivity contribution >= 4 is 23.2 Å². The first kappa shape index (κ1) is 23.4. The van der Waals surface area contributed by atoms with Gasteiger partial charge in [0, 0.05) is 17.5 Å². The highest BCUT2D eigenvalue weighted by atomic mass is 19.4. The third kappa shape index (κ3) is 6.86. The van der Waals surface area contributed by atoms with Crippen molar-refractivity contribution in [3.05, 3.63) is 108 Å². The molecule has 0 aliphatic rings. The van der Waals surface area contributed by atoms with Gasteiger partial charge in [0.2, 0.25) is 0 Å². The Labute approximate surface area is 187 Å². The second kappa shape index (κ2) is 10.9. The van der Waals surface area contributed by atoms with Gasteiger partial charge >= 0.3 is 6.18 Å². The number of carbonyl (C=O) groups excluding carboxylic acids is 2. The second-order valence-corrected chi connectivity index (χ2v) is 6.77. The van der Waals surface area contributed by atoms with E-state index in [1.54, 1.807) is 78.9 Å². The summed E-state index contributed by atoms with van der Waals surface area (Å²) in [6, 6.07) is 24.0. The van der Waals surface area contributed by atoms with Crippen molar-refractivity contribution in [1.29, 1.82) is 0 Å². The van der Waals surface area contributed by atoms with E-state index in [0.29, 0.717) is 11.1 Å². The molecule has 2 amide bonds. The fourth-order valence-electron chi connectivity index (χ4n) is 2.74. The van der Waals surface area contributed by atoms with Crippen LogP contribution in [0.1, 0.15) is 32.7 Å². The molecule has 0 aliphatic heterocycles. The van der Waals surface area contributed by atoms with Crippen LogP contribution in [0, 0.1) is 0 Å². The van der Waals surface area contributed by atoms with Crippen molar-refractivity contribution in [2.24, 2.45) is 10.2 Å². The molecule has 2 N–H and O–H groups in total. The molecule has 0 saturated carbocycles. The van der Waals surface area contributed by atoms with Crippen molar-refractivity contribution in [3.8, 4) is 0 Å². The molecular weight excluding hydrogens is 433 g/mol. The van der Waals surface area contributed by atoms with Gasteiger partial charge in [-0.15, -0.1) is 0 Å². The monoisotopic (exact) mass is 452 g/mol. The zero-order valence-corrected chi connectivity index (χ0v) is 17.2. The van der Waals surface area contributed by atoms with E-state index in [9.17, 15) is 22.8 Å². The number of hydrogen-bond donors (Lipinski definition) is 2. The molecule has 6 nitrogen and oxygen atoms in total. The summed E-state index contributed by atoms with van der Waals surface area (Å²) >= 11 is 0. The number of hydrogen-bond acceptors (Lipinski definition) is 4. The van der Waals surface area contributed by atoms with Crippen molar-refractivity contribution in [3.63, 3.8) is 0 Å². The first-order chi connectivity index (χ1) is 15.8. The van der Waals surface area contributed by atoms with Crippen LogP contribution in [0.15, 0.2) is 101 Å². The Morgan fingerprint density at radius 1 is 0.636 bits per heavy atom. The SMILES string of the molecule is O=C(NN=C(CC(=NNC(=O)c1ccccc1)C(F)(F)F)c1ccccc1)c1ccccc1. The van der Waals surface area contributed by atoms with Crippen LogP contribution >= 0.6 is 0 Å². The largest absolute Gasteiger partial charge is 0.431 e. The standard InChI is InChI=1S/C24H19F3N4O2/c25-24(26,27)21(29-31-23(33)19-14-8-3-9-15-19)16-20(17-10-4-1-5-11-17)28-30-22(32)18-12-6-2-7-13-18/h1-15H,16H2,(H,30,32)(H,31,33). The average molecular weight is 452 g/mol. The number of nitrogens with zero attached hydrogens (tertiary/aromatic N) is 2. The number of alkyl halides is 3. The Bertz CT molecular complexity index is 1150. The third-order valence-corrected chi connectivity index (χ3v) is 4.43. The summed E-state index contributed by atoms with van der Waals surface area (Å²) in [6.45, 7) is 0. The van der Waals surface area contributed by atoms with Crippen LogP contribution < -0.4 is 10.9 Å². The number of rotatable bonds is 7. The van der Waals surface area contributed by atoms with E-state index in [4.69, 9.17) is 0 Å². The molecule has 9 heteroatoms. The number of benzene rings is 3. The van der Waals surface area contributed by atoms with Crippen LogP contribution in [0.25, 0.3) is 0 Å². The maximum atomic E-state index is 13.7. The maximum Gasteiger partial charge on any atom is 0.431 e. The Morgan fingerprint density at radius 3 is 1.45 bits per heavy atom. The second-order valence-electron chi connectivity index (χ2n) is 6.77. The van der Waals surface area contributed by atoms with Crippen LogP contribution in [-0.4, -0.2) is 29.4 Å². The van der Waals surface area contributed by atoms with Gasteiger partial charge in [-0.1, -0.05) is 66.7 Å². The molecule has 3 rings (SSSR count). The molecule has 0 heterocycles. The number of hydrazone groups is 2. The molecule has 0 fully saturated rings. The quantitative estimate of drug-likeness (QED) is 0.407. The molecule has 33 heavy (non-hydrogen) atoms. The molecule has 0 spiro atoms. The van der Waals surface area contributed by atoms with Gasteiger partial charge in [-0.05, 0) is 29.8 Å². The van der Waals surface area contributed by atoms with Gasteiger partial charge in [-0.2, -0.15) is 23.4 Å². The van der Waals surface area contributed by atoms with Gasteiger partial charge in [0.05, 0.1) is 5.71 Å². The topological polar surface area (TPSA) is 82.9 Å². The van der Waals surface area contributed by atoms with Crippen LogP contribution in [0.4, 0.5) is 13.2 Å². The minimum atomic E-state index is -4.84. The van der Waals surface area contributed by atoms with Crippen molar-refractivity contribution in [2.45, 2.75) is 12.6 Å². The first-order valence-electron chi connectivity index (χ1n) is 9.81. The summed E-state index contributed by atoms with van der Waals surface area (Å²) in [5, 5.41) is 7.25. The Hall–Kier alpha value is -4.27. The fourth-order valence-corrected chi connectivity index (χ4v) is 2.74. The molecule has 0 aromatic heterocycles. The first-order valence-corrected chi connectivity index (χ1v) is 9.81.